The van der Waals surface area contributed by atoms with Gasteiger partial charge in [-0.3, -0.25) is 19.3 Å². The number of aryl methyl sites for hydroxylation is 1. The van der Waals surface area contributed by atoms with E-state index in [1.54, 1.807) is 33.0 Å². The smallest absolute Gasteiger partial charge is 0.416 e. The summed E-state index contributed by atoms with van der Waals surface area (Å²) in [6, 6.07) is 23.3. The van der Waals surface area contributed by atoms with Gasteiger partial charge in [0, 0.05) is 48.3 Å². The van der Waals surface area contributed by atoms with Crippen molar-refractivity contribution in [2.45, 2.75) is 64.9 Å². The van der Waals surface area contributed by atoms with Crippen molar-refractivity contribution in [1.82, 2.24) is 10.3 Å². The van der Waals surface area contributed by atoms with Crippen molar-refractivity contribution in [1.29, 1.82) is 0 Å². The number of esters is 1. The molecule has 3 aromatic carbocycles. The molecular weight excluding hydrogens is 837 g/mol. The number of amides is 2. The van der Waals surface area contributed by atoms with Crippen LogP contribution in [-0.4, -0.2) is 121 Å². The fourth-order valence-electron chi connectivity index (χ4n) is 6.62. The number of hydrogen-bond acceptors (Lipinski definition) is 13. The first-order valence-electron chi connectivity index (χ1n) is 21.7. The Labute approximate surface area is 380 Å². The molecule has 0 unspecified atom stereocenters. The van der Waals surface area contributed by atoms with E-state index >= 15 is 0 Å². The van der Waals surface area contributed by atoms with E-state index in [-0.39, 0.29) is 44.0 Å². The molecular formula is C48H62N6O11. The second-order valence-electron chi connectivity index (χ2n) is 16.0. The summed E-state index contributed by atoms with van der Waals surface area (Å²) >= 11 is 0. The third kappa shape index (κ3) is 18.9. The quantitative estimate of drug-likeness (QED) is 0.0181. The van der Waals surface area contributed by atoms with Gasteiger partial charge in [0.05, 0.1) is 72.9 Å². The van der Waals surface area contributed by atoms with Crippen LogP contribution in [0.25, 0.3) is 32.3 Å². The van der Waals surface area contributed by atoms with Crippen molar-refractivity contribution in [3.63, 3.8) is 0 Å². The second-order valence-corrected chi connectivity index (χ2v) is 16.0. The minimum absolute atomic E-state index is 0.0101. The molecule has 0 radical (unpaired) electrons. The van der Waals surface area contributed by atoms with Gasteiger partial charge in [-0.2, -0.15) is 0 Å². The van der Waals surface area contributed by atoms with Crippen molar-refractivity contribution in [2.24, 2.45) is 5.11 Å². The summed E-state index contributed by atoms with van der Waals surface area (Å²) in [5.41, 5.74) is 11.2. The Bertz CT molecular complexity index is 2170. The van der Waals surface area contributed by atoms with Gasteiger partial charge in [0.2, 0.25) is 5.91 Å². The Balaban J connectivity index is 1.25. The number of hydrogen-bond donors (Lipinski definition) is 1. The van der Waals surface area contributed by atoms with E-state index in [1.165, 1.54) is 12.0 Å². The summed E-state index contributed by atoms with van der Waals surface area (Å²) in [5, 5.41) is 8.03. The number of ketones is 1. The normalized spacial score (nSPS) is 11.6. The van der Waals surface area contributed by atoms with Gasteiger partial charge in [-0.1, -0.05) is 59.7 Å². The molecule has 65 heavy (non-hydrogen) atoms. The number of nitrogens with zero attached hydrogens (tertiary/aromatic N) is 5. The van der Waals surface area contributed by atoms with Gasteiger partial charge >= 0.3 is 12.1 Å². The highest BCUT2D eigenvalue weighted by molar-refractivity contribution is 6.00. The van der Waals surface area contributed by atoms with Crippen LogP contribution in [0, 0.1) is 6.92 Å². The molecule has 0 saturated carbocycles. The molecule has 0 bridgehead atoms. The van der Waals surface area contributed by atoms with Crippen molar-refractivity contribution in [3.05, 3.63) is 101 Å². The number of ether oxygens (including phenoxy) is 7. The minimum atomic E-state index is -0.716. The summed E-state index contributed by atoms with van der Waals surface area (Å²) in [6.07, 6.45) is 1.43. The fraction of sp³-hybridized carbons (Fsp3) is 0.479. The van der Waals surface area contributed by atoms with Crippen molar-refractivity contribution in [3.8, 4) is 16.9 Å². The van der Waals surface area contributed by atoms with Crippen LogP contribution in [0.4, 0.5) is 10.6 Å². The predicted octanol–water partition coefficient (Wildman–Crippen LogP) is 7.91. The Morgan fingerprint density at radius 1 is 0.815 bits per heavy atom. The lowest BCUT2D eigenvalue weighted by Crippen LogP contribution is -2.38. The molecule has 17 heteroatoms. The van der Waals surface area contributed by atoms with Crippen LogP contribution in [0.3, 0.4) is 0 Å². The Morgan fingerprint density at radius 2 is 1.46 bits per heavy atom. The molecule has 2 amide bonds. The SMILES string of the molecule is COC(=O)C[C@H](CC(=O)CNC(=O)CCCN(C(=O)OC(C)(C)C)c1cc(C)ccn1)c1ccc(-c2cccc3c(OCCOCCOCCOCCOCCN=[N+]=[N-])cccc23)cc1. The van der Waals surface area contributed by atoms with Gasteiger partial charge in [0.15, 0.2) is 5.78 Å². The number of benzene rings is 3. The topological polar surface area (TPSA) is 210 Å². The molecule has 17 nitrogen and oxygen atoms in total. The zero-order valence-corrected chi connectivity index (χ0v) is 38.1. The summed E-state index contributed by atoms with van der Waals surface area (Å²) in [6.45, 7) is 11.2. The Morgan fingerprint density at radius 3 is 2.11 bits per heavy atom. The Kier molecular flexibility index (Phi) is 22.2. The molecule has 4 aromatic rings. The van der Waals surface area contributed by atoms with Gasteiger partial charge in [-0.05, 0) is 85.5 Å². The first-order chi connectivity index (χ1) is 31.4. The average molecular weight is 899 g/mol. The molecule has 0 fully saturated rings. The summed E-state index contributed by atoms with van der Waals surface area (Å²) < 4.78 is 38.6. The monoisotopic (exact) mass is 898 g/mol. The number of pyridine rings is 1. The minimum Gasteiger partial charge on any atom is -0.491 e. The van der Waals surface area contributed by atoms with Crippen LogP contribution in [0.1, 0.15) is 63.5 Å². The van der Waals surface area contributed by atoms with Gasteiger partial charge in [0.1, 0.15) is 23.8 Å². The average Bonchev–Trinajstić information content (AvgIpc) is 3.28. The van der Waals surface area contributed by atoms with Gasteiger partial charge in [0.25, 0.3) is 0 Å². The lowest BCUT2D eigenvalue weighted by molar-refractivity contribution is -0.141. The molecule has 1 aromatic heterocycles. The van der Waals surface area contributed by atoms with Crippen LogP contribution < -0.4 is 15.0 Å². The summed E-state index contributed by atoms with van der Waals surface area (Å²) in [4.78, 5) is 59.9. The number of carbonyl (C=O) groups excluding carboxylic acids is 4. The van der Waals surface area contributed by atoms with Crippen molar-refractivity contribution in [2.75, 3.05) is 91.1 Å². The number of rotatable bonds is 29. The maximum atomic E-state index is 13.2. The van der Waals surface area contributed by atoms with Crippen LogP contribution in [0.2, 0.25) is 0 Å². The number of fused-ring (bicyclic) bond motifs is 1. The standard InChI is InChI=1S/C48H62N6O11/c1-35-18-19-50-44(31-35)54(47(58)65-48(2,3)4)21-8-13-45(56)51-34-39(55)32-38(33-46(57)59-5)36-14-16-37(17-15-36)40-9-6-11-42-41(40)10-7-12-43(42)64-30-29-63-28-27-62-26-25-61-24-23-60-22-20-52-53-49/h6-7,9-12,14-19,31,38H,8,13,20-30,32-34H2,1-5H3,(H,51,56)/t38-/m0/s1. The number of methoxy groups -OCH3 is 1. The first kappa shape index (κ1) is 51.5. The lowest BCUT2D eigenvalue weighted by atomic mass is 9.89. The van der Waals surface area contributed by atoms with Crippen molar-refractivity contribution < 1.29 is 52.3 Å². The number of nitrogens with one attached hydrogen (secondary N) is 1. The largest absolute Gasteiger partial charge is 0.491 e. The van der Waals surface area contributed by atoms with E-state index in [2.05, 4.69) is 20.3 Å². The predicted molar refractivity (Wildman–Crippen MR) is 246 cm³/mol. The van der Waals surface area contributed by atoms with Crippen molar-refractivity contribution >= 4 is 40.3 Å². The zero-order chi connectivity index (χ0) is 46.9. The highest BCUT2D eigenvalue weighted by Crippen LogP contribution is 2.35. The van der Waals surface area contributed by atoms with Gasteiger partial charge in [-0.15, -0.1) is 0 Å². The first-order valence-corrected chi connectivity index (χ1v) is 21.7. The van der Waals surface area contributed by atoms with Crippen LogP contribution >= 0.6 is 0 Å². The third-order valence-corrected chi connectivity index (χ3v) is 9.75. The van der Waals surface area contributed by atoms with E-state index < -0.39 is 23.6 Å². The van der Waals surface area contributed by atoms with Crippen LogP contribution in [0.5, 0.6) is 5.75 Å². The fourth-order valence-corrected chi connectivity index (χ4v) is 6.62. The maximum Gasteiger partial charge on any atom is 0.416 e. The summed E-state index contributed by atoms with van der Waals surface area (Å²) in [7, 11) is 1.31. The van der Waals surface area contributed by atoms with E-state index in [0.29, 0.717) is 78.2 Å². The third-order valence-electron chi connectivity index (χ3n) is 9.75. The number of Topliss-reactive ketones (excluding diaryl/α,β-unsaturated/α-hetero) is 1. The van der Waals surface area contributed by atoms with E-state index in [1.807, 2.05) is 73.7 Å². The zero-order valence-electron chi connectivity index (χ0n) is 38.1. The molecule has 0 saturated heterocycles. The maximum absolute atomic E-state index is 13.2. The molecule has 4 rings (SSSR count). The summed E-state index contributed by atoms with van der Waals surface area (Å²) in [5.74, 6) is -0.349. The molecule has 1 atom stereocenters. The number of anilines is 1. The number of aromatic nitrogens is 1. The van der Waals surface area contributed by atoms with Gasteiger partial charge in [-0.25, -0.2) is 9.78 Å². The molecule has 0 aliphatic carbocycles. The van der Waals surface area contributed by atoms with Gasteiger partial charge < -0.3 is 38.5 Å². The second kappa shape index (κ2) is 27.9. The number of azide groups is 1. The molecule has 0 aliphatic heterocycles. The molecule has 1 N–H and O–H groups in total. The molecule has 1 heterocycles. The van der Waals surface area contributed by atoms with E-state index in [4.69, 9.17) is 38.7 Å². The lowest BCUT2D eigenvalue weighted by Gasteiger charge is -2.27. The van der Waals surface area contributed by atoms with E-state index in [0.717, 1.165) is 38.8 Å². The molecule has 0 aliphatic rings. The Hall–Kier alpha value is -6.10. The highest BCUT2D eigenvalue weighted by Gasteiger charge is 2.25. The highest BCUT2D eigenvalue weighted by atomic mass is 16.6. The van der Waals surface area contributed by atoms with E-state index in [9.17, 15) is 19.2 Å². The van der Waals surface area contributed by atoms with Crippen LogP contribution in [0.15, 0.2) is 84.1 Å². The van der Waals surface area contributed by atoms with Crippen LogP contribution in [-0.2, 0) is 42.8 Å². The molecule has 0 spiro atoms. The number of carbonyl (C=O) groups is 4. The molecule has 350 valence electrons.